The zero-order chi connectivity index (χ0) is 18.5. The Hall–Kier alpha value is -0.570. The number of benzene rings is 2. The maximum absolute atomic E-state index is 11.8. The fraction of sp³-hybridized carbons (Fsp3) is 0.350. The number of rotatable bonds is 8. The molecule has 2 rings (SSSR count). The molecule has 0 aliphatic rings. The van der Waals surface area contributed by atoms with Gasteiger partial charge in [-0.05, 0) is 106 Å². The van der Waals surface area contributed by atoms with Gasteiger partial charge in [0, 0.05) is 20.0 Å². The fourth-order valence-corrected chi connectivity index (χ4v) is 2.87. The Kier molecular flexibility index (Phi) is 12.2. The molecule has 0 N–H and O–H groups in total. The zero-order valence-electron chi connectivity index (χ0n) is 13.9. The Bertz CT molecular complexity index is 598. The lowest BCUT2D eigenvalue weighted by molar-refractivity contribution is -0.107. The first-order valence-corrected chi connectivity index (χ1v) is 10.4. The summed E-state index contributed by atoms with van der Waals surface area (Å²) in [6.07, 6.45) is 2.79. The van der Waals surface area contributed by atoms with Crippen molar-refractivity contribution in [1.82, 2.24) is 0 Å². The first-order valence-electron chi connectivity index (χ1n) is 8.22. The van der Waals surface area contributed by atoms with E-state index in [2.05, 4.69) is 69.4 Å². The van der Waals surface area contributed by atoms with Crippen molar-refractivity contribution >= 4 is 51.5 Å². The van der Waals surface area contributed by atoms with Gasteiger partial charge in [0.05, 0.1) is 0 Å². The molecule has 2 aromatic carbocycles. The van der Waals surface area contributed by atoms with Crippen molar-refractivity contribution in [3.05, 3.63) is 66.8 Å². The van der Waals surface area contributed by atoms with Gasteiger partial charge in [0.1, 0.15) is 6.29 Å². The average Bonchev–Trinajstić information content (AvgIpc) is 2.59. The molecular formula is C20H22F2I2O. The van der Waals surface area contributed by atoms with Crippen LogP contribution in [-0.4, -0.2) is 12.7 Å². The highest BCUT2D eigenvalue weighted by Gasteiger charge is 2.01. The Balaban J connectivity index is 0.000000251. The van der Waals surface area contributed by atoms with Gasteiger partial charge in [0.15, 0.2) is 0 Å². The highest BCUT2D eigenvalue weighted by molar-refractivity contribution is 14.1. The lowest BCUT2D eigenvalue weighted by Gasteiger charge is -2.00. The molecule has 25 heavy (non-hydrogen) atoms. The number of aryl methyl sites for hydroxylation is 2. The van der Waals surface area contributed by atoms with Gasteiger partial charge in [-0.1, -0.05) is 24.3 Å². The number of hydrogen-bond acceptors (Lipinski definition) is 1. The third-order valence-corrected chi connectivity index (χ3v) is 4.94. The molecule has 0 aliphatic carbocycles. The predicted octanol–water partition coefficient (Wildman–Crippen LogP) is 6.69. The molecule has 0 amide bonds. The summed E-state index contributed by atoms with van der Waals surface area (Å²) in [4.78, 5) is 10.0. The van der Waals surface area contributed by atoms with E-state index in [0.29, 0.717) is 12.8 Å². The summed E-state index contributed by atoms with van der Waals surface area (Å²) in [5.41, 5.74) is 2.46. The van der Waals surface area contributed by atoms with E-state index in [0.717, 1.165) is 31.1 Å². The van der Waals surface area contributed by atoms with Crippen molar-refractivity contribution < 1.29 is 13.6 Å². The van der Waals surface area contributed by atoms with Crippen LogP contribution in [0, 0.1) is 7.14 Å². The van der Waals surface area contributed by atoms with E-state index in [4.69, 9.17) is 0 Å². The van der Waals surface area contributed by atoms with Crippen LogP contribution in [0.5, 0.6) is 0 Å². The van der Waals surface area contributed by atoms with E-state index in [-0.39, 0.29) is 6.42 Å². The van der Waals surface area contributed by atoms with Crippen LogP contribution in [0.15, 0.2) is 48.5 Å². The minimum Gasteiger partial charge on any atom is -0.303 e. The molecule has 0 heterocycles. The SMILES string of the molecule is FC(F)CCCc1ccc(I)cc1.O=CCCCc1ccc(I)cc1. The Morgan fingerprint density at radius 1 is 0.800 bits per heavy atom. The van der Waals surface area contributed by atoms with Crippen molar-refractivity contribution in [3.8, 4) is 0 Å². The lowest BCUT2D eigenvalue weighted by atomic mass is 10.1. The minimum atomic E-state index is -2.16. The quantitative estimate of drug-likeness (QED) is 0.197. The van der Waals surface area contributed by atoms with Crippen molar-refractivity contribution in [2.75, 3.05) is 0 Å². The van der Waals surface area contributed by atoms with Crippen LogP contribution < -0.4 is 0 Å². The van der Waals surface area contributed by atoms with E-state index in [1.165, 1.54) is 12.7 Å². The molecule has 0 aromatic heterocycles. The molecular weight excluding hydrogens is 548 g/mol. The summed E-state index contributed by atoms with van der Waals surface area (Å²) < 4.78 is 26.0. The number of unbranched alkanes of at least 4 members (excludes halogenated alkanes) is 1. The molecule has 0 spiro atoms. The van der Waals surface area contributed by atoms with E-state index in [1.54, 1.807) is 0 Å². The van der Waals surface area contributed by atoms with Crippen LogP contribution in [0.2, 0.25) is 0 Å². The molecule has 0 saturated heterocycles. The topological polar surface area (TPSA) is 17.1 Å². The smallest absolute Gasteiger partial charge is 0.238 e. The number of carbonyl (C=O) groups is 1. The second kappa shape index (κ2) is 13.6. The van der Waals surface area contributed by atoms with E-state index in [1.807, 2.05) is 24.3 Å². The number of alkyl halides is 2. The van der Waals surface area contributed by atoms with Crippen LogP contribution in [0.25, 0.3) is 0 Å². The van der Waals surface area contributed by atoms with Crippen LogP contribution >= 0.6 is 45.2 Å². The van der Waals surface area contributed by atoms with Gasteiger partial charge < -0.3 is 4.79 Å². The number of aldehydes is 1. The van der Waals surface area contributed by atoms with Gasteiger partial charge in [-0.2, -0.15) is 0 Å². The zero-order valence-corrected chi connectivity index (χ0v) is 18.3. The van der Waals surface area contributed by atoms with Crippen molar-refractivity contribution in [1.29, 1.82) is 0 Å². The highest BCUT2D eigenvalue weighted by atomic mass is 127. The monoisotopic (exact) mass is 570 g/mol. The number of hydrogen-bond donors (Lipinski definition) is 0. The van der Waals surface area contributed by atoms with Gasteiger partial charge in [-0.25, -0.2) is 8.78 Å². The van der Waals surface area contributed by atoms with Gasteiger partial charge in [-0.3, -0.25) is 0 Å². The summed E-state index contributed by atoms with van der Waals surface area (Å²) >= 11 is 4.51. The van der Waals surface area contributed by atoms with Crippen LogP contribution in [0.3, 0.4) is 0 Å². The maximum atomic E-state index is 11.8. The van der Waals surface area contributed by atoms with Crippen LogP contribution in [0.1, 0.15) is 36.8 Å². The predicted molar refractivity (Wildman–Crippen MR) is 116 cm³/mol. The second-order valence-electron chi connectivity index (χ2n) is 5.60. The van der Waals surface area contributed by atoms with E-state index >= 15 is 0 Å². The second-order valence-corrected chi connectivity index (χ2v) is 8.09. The standard InChI is InChI=1S/C10H11F2I.C10H11IO/c11-10(12)3-1-2-8-4-6-9(13)7-5-8;11-10-6-4-9(5-7-10)3-1-2-8-12/h4-7,10H,1-3H2;4-8H,1-3H2. The molecule has 0 atom stereocenters. The summed E-state index contributed by atoms with van der Waals surface area (Å²) in [7, 11) is 0. The molecule has 136 valence electrons. The Labute approximate surface area is 175 Å². The van der Waals surface area contributed by atoms with Gasteiger partial charge in [0.2, 0.25) is 6.43 Å². The third-order valence-electron chi connectivity index (χ3n) is 3.50. The number of carbonyl (C=O) groups excluding carboxylic acids is 1. The summed E-state index contributed by atoms with van der Waals surface area (Å²) in [6.45, 7) is 0. The van der Waals surface area contributed by atoms with Crippen molar-refractivity contribution in [3.63, 3.8) is 0 Å². The maximum Gasteiger partial charge on any atom is 0.238 e. The molecule has 0 radical (unpaired) electrons. The largest absolute Gasteiger partial charge is 0.303 e. The summed E-state index contributed by atoms with van der Waals surface area (Å²) in [6, 6.07) is 16.4. The summed E-state index contributed by atoms with van der Waals surface area (Å²) in [5.74, 6) is 0. The minimum absolute atomic E-state index is 0.00594. The molecule has 0 aliphatic heterocycles. The van der Waals surface area contributed by atoms with E-state index in [9.17, 15) is 13.6 Å². The molecule has 5 heteroatoms. The van der Waals surface area contributed by atoms with Gasteiger partial charge >= 0.3 is 0 Å². The van der Waals surface area contributed by atoms with E-state index < -0.39 is 6.43 Å². The molecule has 0 unspecified atom stereocenters. The highest BCUT2D eigenvalue weighted by Crippen LogP contribution is 2.11. The summed E-state index contributed by atoms with van der Waals surface area (Å²) in [5, 5.41) is 0. The van der Waals surface area contributed by atoms with Crippen molar-refractivity contribution in [2.45, 2.75) is 45.0 Å². The van der Waals surface area contributed by atoms with Crippen molar-refractivity contribution in [2.24, 2.45) is 0 Å². The third kappa shape index (κ3) is 11.6. The molecule has 0 saturated carbocycles. The molecule has 1 nitrogen and oxygen atoms in total. The first-order chi connectivity index (χ1) is 12.0. The average molecular weight is 570 g/mol. The first kappa shape index (κ1) is 22.5. The fourth-order valence-electron chi connectivity index (χ4n) is 2.15. The molecule has 2 aromatic rings. The van der Waals surface area contributed by atoms with Crippen LogP contribution in [-0.2, 0) is 17.6 Å². The number of halogens is 4. The van der Waals surface area contributed by atoms with Gasteiger partial charge in [0.25, 0.3) is 0 Å². The molecule has 0 bridgehead atoms. The Morgan fingerprint density at radius 3 is 1.64 bits per heavy atom. The Morgan fingerprint density at radius 2 is 1.24 bits per heavy atom. The molecule has 0 fully saturated rings. The van der Waals surface area contributed by atoms with Gasteiger partial charge in [-0.15, -0.1) is 0 Å². The van der Waals surface area contributed by atoms with Crippen LogP contribution in [0.4, 0.5) is 8.78 Å². The normalized spacial score (nSPS) is 10.3. The lowest BCUT2D eigenvalue weighted by Crippen LogP contribution is -1.92.